The number of hydrogen-bond donors (Lipinski definition) is 2. The molecule has 0 saturated carbocycles. The van der Waals surface area contributed by atoms with Gasteiger partial charge in [-0.1, -0.05) is 13.3 Å². The zero-order valence-corrected chi connectivity index (χ0v) is 13.0. The van der Waals surface area contributed by atoms with Crippen LogP contribution in [0.1, 0.15) is 25.5 Å². The third kappa shape index (κ3) is 3.24. The van der Waals surface area contributed by atoms with E-state index in [1.165, 1.54) is 28.0 Å². The summed E-state index contributed by atoms with van der Waals surface area (Å²) in [5, 5.41) is 14.2. The predicted octanol–water partition coefficient (Wildman–Crippen LogP) is 2.61. The van der Waals surface area contributed by atoms with Crippen molar-refractivity contribution in [2.45, 2.75) is 38.1 Å². The van der Waals surface area contributed by atoms with Crippen molar-refractivity contribution in [2.75, 3.05) is 11.1 Å². The zero-order valence-electron chi connectivity index (χ0n) is 11.3. The average molecular weight is 315 g/mol. The molecular formula is C12H17N3O3S2. The molecule has 0 aliphatic carbocycles. The summed E-state index contributed by atoms with van der Waals surface area (Å²) in [6, 6.07) is -1.15. The first-order valence-electron chi connectivity index (χ1n) is 6.38. The summed E-state index contributed by atoms with van der Waals surface area (Å²) in [5.41, 5.74) is 0.834. The number of thiazole rings is 1. The molecule has 1 fully saturated rings. The number of aryl methyl sites for hydroxylation is 1. The van der Waals surface area contributed by atoms with E-state index in [0.717, 1.165) is 18.5 Å². The largest absolute Gasteiger partial charge is 0.480 e. The highest BCUT2D eigenvalue weighted by molar-refractivity contribution is 8.00. The summed E-state index contributed by atoms with van der Waals surface area (Å²) in [7, 11) is 0. The monoisotopic (exact) mass is 315 g/mol. The van der Waals surface area contributed by atoms with Gasteiger partial charge in [0, 0.05) is 11.1 Å². The molecule has 0 aromatic carbocycles. The molecule has 110 valence electrons. The Morgan fingerprint density at radius 2 is 2.35 bits per heavy atom. The summed E-state index contributed by atoms with van der Waals surface area (Å²) in [4.78, 5) is 29.2. The fourth-order valence-corrected chi connectivity index (χ4v) is 4.25. The molecule has 1 aromatic rings. The number of aromatic nitrogens is 1. The molecule has 2 atom stereocenters. The molecule has 1 saturated heterocycles. The van der Waals surface area contributed by atoms with Crippen LogP contribution in [0.15, 0.2) is 5.38 Å². The van der Waals surface area contributed by atoms with E-state index in [0.29, 0.717) is 10.9 Å². The number of carbonyl (C=O) groups is 2. The van der Waals surface area contributed by atoms with Crippen molar-refractivity contribution in [3.63, 3.8) is 0 Å². The van der Waals surface area contributed by atoms with E-state index in [-0.39, 0.29) is 11.4 Å². The lowest BCUT2D eigenvalue weighted by molar-refractivity contribution is -0.141. The van der Waals surface area contributed by atoms with Crippen molar-refractivity contribution in [1.29, 1.82) is 0 Å². The van der Waals surface area contributed by atoms with Crippen molar-refractivity contribution in [3.8, 4) is 0 Å². The maximum atomic E-state index is 12.3. The first-order chi connectivity index (χ1) is 9.52. The Kier molecular flexibility index (Phi) is 4.87. The minimum Gasteiger partial charge on any atom is -0.480 e. The predicted molar refractivity (Wildman–Crippen MR) is 80.3 cm³/mol. The molecule has 1 aliphatic heterocycles. The molecule has 2 N–H and O–H groups in total. The Hall–Kier alpha value is -1.28. The summed E-state index contributed by atoms with van der Waals surface area (Å²) in [6.45, 7) is 3.87. The van der Waals surface area contributed by atoms with E-state index < -0.39 is 12.0 Å². The van der Waals surface area contributed by atoms with Gasteiger partial charge in [-0.15, -0.1) is 23.1 Å². The van der Waals surface area contributed by atoms with Gasteiger partial charge in [-0.3, -0.25) is 10.2 Å². The number of rotatable bonds is 4. The van der Waals surface area contributed by atoms with Gasteiger partial charge in [0.2, 0.25) is 0 Å². The minimum atomic E-state index is -0.957. The van der Waals surface area contributed by atoms with Crippen LogP contribution >= 0.6 is 23.1 Å². The molecule has 2 amide bonds. The second-order valence-electron chi connectivity index (χ2n) is 4.56. The number of carbonyl (C=O) groups excluding carboxylic acids is 1. The van der Waals surface area contributed by atoms with Crippen LogP contribution < -0.4 is 5.32 Å². The molecule has 0 spiro atoms. The summed E-state index contributed by atoms with van der Waals surface area (Å²) >= 11 is 2.86. The highest BCUT2D eigenvalue weighted by Crippen LogP contribution is 2.33. The topological polar surface area (TPSA) is 82.5 Å². The van der Waals surface area contributed by atoms with Crippen molar-refractivity contribution < 1.29 is 14.7 Å². The summed E-state index contributed by atoms with van der Waals surface area (Å²) in [6.07, 6.45) is 1.70. The van der Waals surface area contributed by atoms with E-state index in [1.807, 2.05) is 19.2 Å². The number of carboxylic acid groups (broad SMARTS) is 1. The average Bonchev–Trinajstić information content (AvgIpc) is 2.96. The van der Waals surface area contributed by atoms with Gasteiger partial charge in [0.25, 0.3) is 0 Å². The SMILES string of the molecule is CCCC1SCC(C(=O)O)N1C(=O)Nc1nc(C)cs1. The van der Waals surface area contributed by atoms with Crippen LogP contribution in [-0.2, 0) is 4.79 Å². The molecule has 1 aromatic heterocycles. The van der Waals surface area contributed by atoms with Crippen molar-refractivity contribution in [2.24, 2.45) is 0 Å². The number of urea groups is 1. The highest BCUT2D eigenvalue weighted by Gasteiger charge is 2.41. The van der Waals surface area contributed by atoms with Gasteiger partial charge in [-0.25, -0.2) is 14.6 Å². The number of aliphatic carboxylic acids is 1. The van der Waals surface area contributed by atoms with Crippen molar-refractivity contribution >= 4 is 40.2 Å². The van der Waals surface area contributed by atoms with Gasteiger partial charge >= 0.3 is 12.0 Å². The van der Waals surface area contributed by atoms with Gasteiger partial charge in [-0.05, 0) is 13.3 Å². The molecule has 20 heavy (non-hydrogen) atoms. The van der Waals surface area contributed by atoms with Crippen LogP contribution in [0, 0.1) is 6.92 Å². The van der Waals surface area contributed by atoms with Gasteiger partial charge in [0.05, 0.1) is 11.1 Å². The van der Waals surface area contributed by atoms with Crippen LogP contribution in [0.2, 0.25) is 0 Å². The fraction of sp³-hybridized carbons (Fsp3) is 0.583. The number of thioether (sulfide) groups is 1. The van der Waals surface area contributed by atoms with E-state index in [1.54, 1.807) is 0 Å². The minimum absolute atomic E-state index is 0.0813. The molecule has 1 aliphatic rings. The van der Waals surface area contributed by atoms with Crippen molar-refractivity contribution in [1.82, 2.24) is 9.88 Å². The lowest BCUT2D eigenvalue weighted by atomic mass is 10.2. The van der Waals surface area contributed by atoms with Gasteiger partial charge in [-0.2, -0.15) is 0 Å². The molecule has 2 rings (SSSR count). The molecule has 0 radical (unpaired) electrons. The van der Waals surface area contributed by atoms with Crippen LogP contribution in [0.25, 0.3) is 0 Å². The number of anilines is 1. The van der Waals surface area contributed by atoms with Gasteiger partial charge < -0.3 is 5.11 Å². The highest BCUT2D eigenvalue weighted by atomic mass is 32.2. The van der Waals surface area contributed by atoms with Crippen LogP contribution in [0.4, 0.5) is 9.93 Å². The van der Waals surface area contributed by atoms with Gasteiger partial charge in [0.1, 0.15) is 6.04 Å². The van der Waals surface area contributed by atoms with Crippen LogP contribution in [0.3, 0.4) is 0 Å². The van der Waals surface area contributed by atoms with Crippen LogP contribution in [0.5, 0.6) is 0 Å². The fourth-order valence-electron chi connectivity index (χ4n) is 2.06. The summed E-state index contributed by atoms with van der Waals surface area (Å²) < 4.78 is 0. The number of carboxylic acids is 1. The molecule has 2 heterocycles. The normalized spacial score (nSPS) is 22.0. The second kappa shape index (κ2) is 6.45. The smallest absolute Gasteiger partial charge is 0.327 e. The Morgan fingerprint density at radius 1 is 1.60 bits per heavy atom. The molecule has 0 bridgehead atoms. The molecule has 8 heteroatoms. The number of nitrogens with zero attached hydrogens (tertiary/aromatic N) is 2. The number of nitrogens with one attached hydrogen (secondary N) is 1. The maximum Gasteiger partial charge on any atom is 0.327 e. The van der Waals surface area contributed by atoms with E-state index >= 15 is 0 Å². The molecule has 2 unspecified atom stereocenters. The first-order valence-corrected chi connectivity index (χ1v) is 8.31. The molecular weight excluding hydrogens is 298 g/mol. The van der Waals surface area contributed by atoms with Crippen molar-refractivity contribution in [3.05, 3.63) is 11.1 Å². The lowest BCUT2D eigenvalue weighted by Gasteiger charge is -2.26. The zero-order chi connectivity index (χ0) is 14.7. The standard InChI is InChI=1S/C12H17N3O3S2/c1-3-4-9-15(8(6-19-9)10(16)17)12(18)14-11-13-7(2)5-20-11/h5,8-9H,3-4,6H2,1-2H3,(H,16,17)(H,13,14,18). The third-order valence-corrected chi connectivity index (χ3v) is 5.21. The first kappa shape index (κ1) is 15.1. The third-order valence-electron chi connectivity index (χ3n) is 2.98. The second-order valence-corrected chi connectivity index (χ2v) is 6.63. The Labute approximate surface area is 125 Å². The Balaban J connectivity index is 2.12. The van der Waals surface area contributed by atoms with E-state index in [9.17, 15) is 14.7 Å². The quantitative estimate of drug-likeness (QED) is 0.892. The molecule has 6 nitrogen and oxygen atoms in total. The number of hydrogen-bond acceptors (Lipinski definition) is 5. The maximum absolute atomic E-state index is 12.3. The van der Waals surface area contributed by atoms with Gasteiger partial charge in [0.15, 0.2) is 5.13 Å². The Bertz CT molecular complexity index is 506. The van der Waals surface area contributed by atoms with E-state index in [4.69, 9.17) is 0 Å². The number of amides is 2. The lowest BCUT2D eigenvalue weighted by Crippen LogP contribution is -2.47. The Morgan fingerprint density at radius 3 is 2.90 bits per heavy atom. The summed E-state index contributed by atoms with van der Waals surface area (Å²) in [5.74, 6) is -0.522. The van der Waals surface area contributed by atoms with Crippen LogP contribution in [-0.4, -0.2) is 44.2 Å². The van der Waals surface area contributed by atoms with E-state index in [2.05, 4.69) is 10.3 Å².